The number of carbonyl (C=O) groups is 1. The first-order valence-electron chi connectivity index (χ1n) is 6.25. The third-order valence-electron chi connectivity index (χ3n) is 2.65. The van der Waals surface area contributed by atoms with Crippen molar-refractivity contribution < 1.29 is 9.90 Å². The van der Waals surface area contributed by atoms with Crippen LogP contribution in [0.25, 0.3) is 0 Å². The predicted molar refractivity (Wildman–Crippen MR) is 66.0 cm³/mol. The number of aliphatic hydroxyl groups is 1. The number of aliphatic hydroxyl groups excluding tert-OH is 1. The Hall–Kier alpha value is -0.610. The first-order valence-corrected chi connectivity index (χ1v) is 6.25. The molecule has 4 N–H and O–H groups in total. The van der Waals surface area contributed by atoms with E-state index >= 15 is 0 Å². The van der Waals surface area contributed by atoms with Crippen molar-refractivity contribution in [2.24, 2.45) is 11.7 Å². The van der Waals surface area contributed by atoms with Crippen LogP contribution in [0.1, 0.15) is 46.0 Å². The molecule has 0 aliphatic heterocycles. The van der Waals surface area contributed by atoms with Gasteiger partial charge in [0.25, 0.3) is 0 Å². The topological polar surface area (TPSA) is 75.4 Å². The summed E-state index contributed by atoms with van der Waals surface area (Å²) in [6.07, 6.45) is 4.24. The fraction of sp³-hybridized carbons (Fsp3) is 0.917. The maximum atomic E-state index is 11.4. The fourth-order valence-corrected chi connectivity index (χ4v) is 1.76. The molecule has 0 rings (SSSR count). The summed E-state index contributed by atoms with van der Waals surface area (Å²) in [5.74, 6) is 0.589. The molecule has 0 saturated heterocycles. The highest BCUT2D eigenvalue weighted by Crippen LogP contribution is 2.16. The van der Waals surface area contributed by atoms with Crippen molar-refractivity contribution in [3.05, 3.63) is 0 Å². The molecule has 96 valence electrons. The van der Waals surface area contributed by atoms with Gasteiger partial charge >= 0.3 is 0 Å². The van der Waals surface area contributed by atoms with E-state index in [1.807, 2.05) is 0 Å². The summed E-state index contributed by atoms with van der Waals surface area (Å²) < 4.78 is 0. The van der Waals surface area contributed by atoms with E-state index in [1.165, 1.54) is 0 Å². The SMILES string of the molecule is CCCC(CCN)CCC(=O)NC[C@H](C)O. The third kappa shape index (κ3) is 8.68. The van der Waals surface area contributed by atoms with Crippen molar-refractivity contribution in [1.29, 1.82) is 0 Å². The zero-order chi connectivity index (χ0) is 12.4. The van der Waals surface area contributed by atoms with Crippen LogP contribution in [0.5, 0.6) is 0 Å². The lowest BCUT2D eigenvalue weighted by Crippen LogP contribution is -2.30. The third-order valence-corrected chi connectivity index (χ3v) is 2.65. The molecule has 0 fully saturated rings. The molecule has 0 bridgehead atoms. The molecule has 16 heavy (non-hydrogen) atoms. The molecule has 2 atom stereocenters. The van der Waals surface area contributed by atoms with Gasteiger partial charge in [0, 0.05) is 13.0 Å². The molecule has 0 radical (unpaired) electrons. The lowest BCUT2D eigenvalue weighted by Gasteiger charge is -2.14. The first kappa shape index (κ1) is 15.4. The lowest BCUT2D eigenvalue weighted by atomic mass is 9.94. The second-order valence-electron chi connectivity index (χ2n) is 4.42. The number of hydrogen-bond donors (Lipinski definition) is 3. The van der Waals surface area contributed by atoms with Crippen molar-refractivity contribution >= 4 is 5.91 Å². The lowest BCUT2D eigenvalue weighted by molar-refractivity contribution is -0.121. The second-order valence-corrected chi connectivity index (χ2v) is 4.42. The van der Waals surface area contributed by atoms with E-state index in [1.54, 1.807) is 6.92 Å². The quantitative estimate of drug-likeness (QED) is 0.554. The summed E-state index contributed by atoms with van der Waals surface area (Å²) in [7, 11) is 0. The van der Waals surface area contributed by atoms with Crippen LogP contribution in [-0.4, -0.2) is 30.2 Å². The van der Waals surface area contributed by atoms with E-state index in [4.69, 9.17) is 10.8 Å². The largest absolute Gasteiger partial charge is 0.392 e. The first-order chi connectivity index (χ1) is 7.60. The highest BCUT2D eigenvalue weighted by Gasteiger charge is 2.10. The van der Waals surface area contributed by atoms with Crippen LogP contribution < -0.4 is 11.1 Å². The van der Waals surface area contributed by atoms with Crippen LogP contribution >= 0.6 is 0 Å². The van der Waals surface area contributed by atoms with Crippen molar-refractivity contribution in [1.82, 2.24) is 5.32 Å². The van der Waals surface area contributed by atoms with E-state index < -0.39 is 6.10 Å². The Morgan fingerprint density at radius 1 is 1.38 bits per heavy atom. The maximum absolute atomic E-state index is 11.4. The summed E-state index contributed by atoms with van der Waals surface area (Å²) in [5, 5.41) is 11.7. The maximum Gasteiger partial charge on any atom is 0.220 e. The van der Waals surface area contributed by atoms with Gasteiger partial charge in [0.15, 0.2) is 0 Å². The molecule has 0 spiro atoms. The number of rotatable bonds is 9. The van der Waals surface area contributed by atoms with Gasteiger partial charge in [-0.2, -0.15) is 0 Å². The number of amides is 1. The molecule has 0 heterocycles. The van der Waals surface area contributed by atoms with Crippen LogP contribution in [-0.2, 0) is 4.79 Å². The van der Waals surface area contributed by atoms with Gasteiger partial charge in [-0.25, -0.2) is 0 Å². The second kappa shape index (κ2) is 9.60. The summed E-state index contributed by atoms with van der Waals surface area (Å²) in [6, 6.07) is 0. The Balaban J connectivity index is 3.68. The molecule has 0 saturated carbocycles. The Labute approximate surface area is 98.6 Å². The molecule has 0 aromatic heterocycles. The average molecular weight is 230 g/mol. The predicted octanol–water partition coefficient (Wildman–Crippen LogP) is 1.03. The molecule has 0 aromatic carbocycles. The molecule has 1 amide bonds. The van der Waals surface area contributed by atoms with E-state index in [2.05, 4.69) is 12.2 Å². The number of carbonyl (C=O) groups excluding carboxylic acids is 1. The minimum atomic E-state index is -0.473. The van der Waals surface area contributed by atoms with E-state index in [-0.39, 0.29) is 5.91 Å². The monoisotopic (exact) mass is 230 g/mol. The van der Waals surface area contributed by atoms with Gasteiger partial charge in [-0.05, 0) is 32.2 Å². The molecular formula is C12H26N2O2. The molecule has 4 heteroatoms. The Bertz CT molecular complexity index is 178. The van der Waals surface area contributed by atoms with Crippen LogP contribution in [0.2, 0.25) is 0 Å². The van der Waals surface area contributed by atoms with Crippen LogP contribution in [0.4, 0.5) is 0 Å². The number of nitrogens with one attached hydrogen (secondary N) is 1. The summed E-state index contributed by atoms with van der Waals surface area (Å²) in [4.78, 5) is 11.4. The normalized spacial score (nSPS) is 14.5. The van der Waals surface area contributed by atoms with Crippen molar-refractivity contribution in [2.75, 3.05) is 13.1 Å². The van der Waals surface area contributed by atoms with E-state index in [0.29, 0.717) is 25.4 Å². The summed E-state index contributed by atoms with van der Waals surface area (Å²) >= 11 is 0. The smallest absolute Gasteiger partial charge is 0.220 e. The van der Waals surface area contributed by atoms with Crippen molar-refractivity contribution in [3.63, 3.8) is 0 Å². The van der Waals surface area contributed by atoms with Crippen LogP contribution in [0.3, 0.4) is 0 Å². The molecule has 1 unspecified atom stereocenters. The van der Waals surface area contributed by atoms with Gasteiger partial charge in [0.2, 0.25) is 5.91 Å². The van der Waals surface area contributed by atoms with Crippen LogP contribution in [0, 0.1) is 5.92 Å². The van der Waals surface area contributed by atoms with Gasteiger partial charge in [0.1, 0.15) is 0 Å². The number of nitrogens with two attached hydrogens (primary N) is 1. The molecule has 4 nitrogen and oxygen atoms in total. The molecular weight excluding hydrogens is 204 g/mol. The molecule has 0 aliphatic carbocycles. The zero-order valence-electron chi connectivity index (χ0n) is 10.5. The van der Waals surface area contributed by atoms with E-state index in [0.717, 1.165) is 25.7 Å². The zero-order valence-corrected chi connectivity index (χ0v) is 10.5. The van der Waals surface area contributed by atoms with Gasteiger partial charge < -0.3 is 16.2 Å². The molecule has 0 aromatic rings. The highest BCUT2D eigenvalue weighted by atomic mass is 16.3. The van der Waals surface area contributed by atoms with Crippen molar-refractivity contribution in [3.8, 4) is 0 Å². The fourth-order valence-electron chi connectivity index (χ4n) is 1.76. The summed E-state index contributed by atoms with van der Waals surface area (Å²) in [6.45, 7) is 4.85. The number of hydrogen-bond acceptors (Lipinski definition) is 3. The Morgan fingerprint density at radius 2 is 2.06 bits per heavy atom. The summed E-state index contributed by atoms with van der Waals surface area (Å²) in [5.41, 5.74) is 5.53. The standard InChI is InChI=1S/C12H26N2O2/c1-3-4-11(7-8-13)5-6-12(16)14-9-10(2)15/h10-11,15H,3-9,13H2,1-2H3,(H,14,16)/t10-,11?/m0/s1. The van der Waals surface area contributed by atoms with E-state index in [9.17, 15) is 4.79 Å². The van der Waals surface area contributed by atoms with Gasteiger partial charge in [-0.15, -0.1) is 0 Å². The Kier molecular flexibility index (Phi) is 9.24. The van der Waals surface area contributed by atoms with Crippen LogP contribution in [0.15, 0.2) is 0 Å². The van der Waals surface area contributed by atoms with Crippen molar-refractivity contribution in [2.45, 2.75) is 52.1 Å². The average Bonchev–Trinajstić information content (AvgIpc) is 2.23. The molecule has 0 aliphatic rings. The minimum Gasteiger partial charge on any atom is -0.392 e. The van der Waals surface area contributed by atoms with Gasteiger partial charge in [0.05, 0.1) is 6.10 Å². The minimum absolute atomic E-state index is 0.0269. The highest BCUT2D eigenvalue weighted by molar-refractivity contribution is 5.75. The van der Waals surface area contributed by atoms with Gasteiger partial charge in [-0.3, -0.25) is 4.79 Å². The van der Waals surface area contributed by atoms with Gasteiger partial charge in [-0.1, -0.05) is 19.8 Å². The Morgan fingerprint density at radius 3 is 2.56 bits per heavy atom.